The van der Waals surface area contributed by atoms with E-state index in [0.29, 0.717) is 30.8 Å². The third-order valence-electron chi connectivity index (χ3n) is 7.76. The highest BCUT2D eigenvalue weighted by Gasteiger charge is 2.36. The molecule has 2 amide bonds. The maximum Gasteiger partial charge on any atom is 0.256 e. The Balaban J connectivity index is 1.18. The number of carbonyl (C=O) groups is 2. The third-order valence-corrected chi connectivity index (χ3v) is 7.76. The van der Waals surface area contributed by atoms with Crippen LogP contribution in [-0.2, 0) is 6.54 Å². The zero-order chi connectivity index (χ0) is 27.6. The lowest BCUT2D eigenvalue weighted by atomic mass is 10.1. The fourth-order valence-corrected chi connectivity index (χ4v) is 5.63. The number of aryl methyl sites for hydroxylation is 1. The summed E-state index contributed by atoms with van der Waals surface area (Å²) in [6, 6.07) is 29.6. The summed E-state index contributed by atoms with van der Waals surface area (Å²) in [6.45, 7) is 5.32. The van der Waals surface area contributed by atoms with Gasteiger partial charge in [0, 0.05) is 60.8 Å². The highest BCUT2D eigenvalue weighted by atomic mass is 19.1. The number of rotatable bonds is 6. The lowest BCUT2D eigenvalue weighted by Gasteiger charge is -2.37. The molecule has 2 heterocycles. The zero-order valence-corrected chi connectivity index (χ0v) is 22.4. The molecule has 0 bridgehead atoms. The van der Waals surface area contributed by atoms with Gasteiger partial charge in [-0.3, -0.25) is 9.59 Å². The van der Waals surface area contributed by atoms with E-state index in [1.54, 1.807) is 17.0 Å². The summed E-state index contributed by atoms with van der Waals surface area (Å²) in [6.07, 6.45) is -0.420. The van der Waals surface area contributed by atoms with Crippen molar-refractivity contribution in [2.24, 2.45) is 0 Å². The predicted molar refractivity (Wildman–Crippen MR) is 155 cm³/mol. The van der Waals surface area contributed by atoms with E-state index in [4.69, 9.17) is 0 Å². The minimum absolute atomic E-state index is 0.000787. The number of halogens is 1. The van der Waals surface area contributed by atoms with Crippen LogP contribution in [0.2, 0.25) is 0 Å². The van der Waals surface area contributed by atoms with Crippen LogP contribution in [0.3, 0.4) is 0 Å². The second-order valence-electron chi connectivity index (χ2n) is 10.3. The molecule has 1 saturated heterocycles. The summed E-state index contributed by atoms with van der Waals surface area (Å²) >= 11 is 0. The second kappa shape index (κ2) is 10.8. The zero-order valence-electron chi connectivity index (χ0n) is 22.4. The van der Waals surface area contributed by atoms with Crippen LogP contribution in [0.25, 0.3) is 0 Å². The monoisotopic (exact) mass is 534 g/mol. The van der Waals surface area contributed by atoms with E-state index in [-0.39, 0.29) is 17.6 Å². The van der Waals surface area contributed by atoms with Gasteiger partial charge in [0.1, 0.15) is 12.0 Å². The highest BCUT2D eigenvalue weighted by molar-refractivity contribution is 5.99. The van der Waals surface area contributed by atoms with E-state index in [1.165, 1.54) is 23.4 Å². The van der Waals surface area contributed by atoms with E-state index < -0.39 is 6.17 Å². The summed E-state index contributed by atoms with van der Waals surface area (Å²) in [4.78, 5) is 32.8. The molecule has 1 fully saturated rings. The number of para-hydroxylation sites is 1. The number of anilines is 2. The van der Waals surface area contributed by atoms with Crippen LogP contribution in [-0.4, -0.2) is 47.8 Å². The first kappa shape index (κ1) is 25.6. The van der Waals surface area contributed by atoms with Crippen molar-refractivity contribution in [3.8, 4) is 0 Å². The summed E-state index contributed by atoms with van der Waals surface area (Å²) in [5, 5.41) is 3.49. The van der Waals surface area contributed by atoms with E-state index in [9.17, 15) is 14.0 Å². The molecule has 4 aromatic rings. The molecule has 1 N–H and O–H groups in total. The van der Waals surface area contributed by atoms with Gasteiger partial charge in [-0.1, -0.05) is 54.6 Å². The number of carbonyl (C=O) groups excluding carboxylic acids is 2. The van der Waals surface area contributed by atoms with E-state index in [0.717, 1.165) is 29.9 Å². The van der Waals surface area contributed by atoms with Crippen LogP contribution >= 0.6 is 0 Å². The van der Waals surface area contributed by atoms with E-state index >= 15 is 0 Å². The molecule has 0 radical (unpaired) electrons. The average Bonchev–Trinajstić information content (AvgIpc) is 3.24. The number of amides is 2. The van der Waals surface area contributed by atoms with Crippen molar-refractivity contribution in [1.29, 1.82) is 0 Å². The Bertz CT molecular complexity index is 1550. The Morgan fingerprint density at radius 3 is 2.38 bits per heavy atom. The quantitative estimate of drug-likeness (QED) is 0.337. The molecule has 0 aromatic heterocycles. The number of piperazine rings is 1. The predicted octanol–water partition coefficient (Wildman–Crippen LogP) is 5.86. The number of benzene rings is 4. The first-order valence-corrected chi connectivity index (χ1v) is 13.6. The molecule has 202 valence electrons. The number of hydrogen-bond acceptors (Lipinski definition) is 4. The van der Waals surface area contributed by atoms with Gasteiger partial charge in [0.2, 0.25) is 0 Å². The van der Waals surface area contributed by atoms with Crippen LogP contribution in [0.15, 0.2) is 97.1 Å². The first-order valence-electron chi connectivity index (χ1n) is 13.6. The van der Waals surface area contributed by atoms with Crippen molar-refractivity contribution in [3.63, 3.8) is 0 Å². The maximum absolute atomic E-state index is 13.5. The van der Waals surface area contributed by atoms with Gasteiger partial charge in [-0.15, -0.1) is 0 Å². The molecular formula is C33H31FN4O2. The Hall–Kier alpha value is -4.65. The molecule has 1 atom stereocenters. The smallest absolute Gasteiger partial charge is 0.256 e. The van der Waals surface area contributed by atoms with Crippen LogP contribution in [0, 0.1) is 12.7 Å². The summed E-state index contributed by atoms with van der Waals surface area (Å²) in [5.74, 6) is -0.400. The van der Waals surface area contributed by atoms with Gasteiger partial charge in [0.25, 0.3) is 11.8 Å². The Morgan fingerprint density at radius 1 is 0.875 bits per heavy atom. The topological polar surface area (TPSA) is 55.9 Å². The van der Waals surface area contributed by atoms with Crippen LogP contribution < -0.4 is 10.2 Å². The fraction of sp³-hybridized carbons (Fsp3) is 0.212. The molecule has 4 aromatic carbocycles. The van der Waals surface area contributed by atoms with Crippen molar-refractivity contribution in [2.45, 2.75) is 19.6 Å². The van der Waals surface area contributed by atoms with Gasteiger partial charge in [-0.2, -0.15) is 0 Å². The van der Waals surface area contributed by atoms with Gasteiger partial charge in [-0.05, 0) is 60.5 Å². The standard InChI is InChI=1S/C33H31FN4O2/c1-23-7-2-5-12-30(23)36-17-19-37(20-18-36)32(39)25-8-6-9-27(21-25)35-31-28-10-3-4-11-29(28)33(40)38(31)22-24-13-15-26(34)16-14-24/h2-16,21,31,35H,17-20,22H2,1H3. The molecule has 0 saturated carbocycles. The molecule has 1 unspecified atom stereocenters. The third kappa shape index (κ3) is 5.02. The van der Waals surface area contributed by atoms with Crippen molar-refractivity contribution in [1.82, 2.24) is 9.80 Å². The van der Waals surface area contributed by atoms with Crippen LogP contribution in [0.4, 0.5) is 15.8 Å². The molecule has 40 heavy (non-hydrogen) atoms. The lowest BCUT2D eigenvalue weighted by Crippen LogP contribution is -2.49. The Labute approximate surface area is 233 Å². The lowest BCUT2D eigenvalue weighted by molar-refractivity contribution is 0.0725. The first-order chi connectivity index (χ1) is 19.5. The number of fused-ring (bicyclic) bond motifs is 1. The van der Waals surface area contributed by atoms with E-state index in [1.807, 2.05) is 59.5 Å². The molecule has 0 spiro atoms. The van der Waals surface area contributed by atoms with Gasteiger partial charge in [-0.25, -0.2) is 4.39 Å². The average molecular weight is 535 g/mol. The number of hydrogen-bond donors (Lipinski definition) is 1. The summed E-state index contributed by atoms with van der Waals surface area (Å²) in [7, 11) is 0. The summed E-state index contributed by atoms with van der Waals surface area (Å²) in [5.41, 5.74) is 6.17. The van der Waals surface area contributed by atoms with Gasteiger partial charge < -0.3 is 20.0 Å². The molecule has 2 aliphatic heterocycles. The van der Waals surface area contributed by atoms with Crippen LogP contribution in [0.5, 0.6) is 0 Å². The molecule has 0 aliphatic carbocycles. The SMILES string of the molecule is Cc1ccccc1N1CCN(C(=O)c2cccc(NC3c4ccccc4C(=O)N3Cc3ccc(F)cc3)c2)CC1. The number of nitrogens with one attached hydrogen (secondary N) is 1. The molecule has 7 heteroatoms. The maximum atomic E-state index is 13.5. The number of nitrogens with zero attached hydrogens (tertiary/aromatic N) is 3. The van der Waals surface area contributed by atoms with Gasteiger partial charge in [0.05, 0.1) is 0 Å². The molecule has 2 aliphatic rings. The Morgan fingerprint density at radius 2 is 1.60 bits per heavy atom. The normalized spacial score (nSPS) is 16.7. The largest absolute Gasteiger partial charge is 0.368 e. The minimum Gasteiger partial charge on any atom is -0.368 e. The minimum atomic E-state index is -0.420. The van der Waals surface area contributed by atoms with Crippen molar-refractivity contribution in [2.75, 3.05) is 36.4 Å². The molecule has 6 nitrogen and oxygen atoms in total. The second-order valence-corrected chi connectivity index (χ2v) is 10.3. The summed E-state index contributed by atoms with van der Waals surface area (Å²) < 4.78 is 13.5. The van der Waals surface area contributed by atoms with E-state index in [2.05, 4.69) is 35.3 Å². The molecular weight excluding hydrogens is 503 g/mol. The van der Waals surface area contributed by atoms with Crippen molar-refractivity contribution >= 4 is 23.2 Å². The highest BCUT2D eigenvalue weighted by Crippen LogP contribution is 2.36. The van der Waals surface area contributed by atoms with Gasteiger partial charge in [0.15, 0.2) is 0 Å². The van der Waals surface area contributed by atoms with Crippen LogP contribution in [0.1, 0.15) is 43.6 Å². The Kier molecular flexibility index (Phi) is 6.95. The van der Waals surface area contributed by atoms with Crippen molar-refractivity contribution < 1.29 is 14.0 Å². The fourth-order valence-electron chi connectivity index (χ4n) is 5.63. The van der Waals surface area contributed by atoms with Gasteiger partial charge >= 0.3 is 0 Å². The van der Waals surface area contributed by atoms with Crippen molar-refractivity contribution in [3.05, 3.63) is 131 Å². The molecule has 6 rings (SSSR count).